The second-order valence-electron chi connectivity index (χ2n) is 4.57. The van der Waals surface area contributed by atoms with Crippen molar-refractivity contribution in [3.8, 4) is 0 Å². The molecule has 3 N–H and O–H groups in total. The Bertz CT molecular complexity index is 452. The second-order valence-corrected chi connectivity index (χ2v) is 4.57. The third-order valence-electron chi connectivity index (χ3n) is 2.85. The highest BCUT2D eigenvalue weighted by molar-refractivity contribution is 5.87. The normalized spacial score (nSPS) is 16.1. The Morgan fingerprint density at radius 1 is 1.47 bits per heavy atom. The Labute approximate surface area is 110 Å². The standard InChI is InChI=1S/C11H18N6O2/c1-8(18)13-10-6-17(16-15-10)7-11(19)14-9-2-4-12-5-3-9/h6,9,12H,2-5,7H2,1H3,(H,13,18)(H,14,19). The van der Waals surface area contributed by atoms with Gasteiger partial charge < -0.3 is 16.0 Å². The predicted octanol–water partition coefficient (Wildman–Crippen LogP) is -0.895. The minimum Gasteiger partial charge on any atom is -0.352 e. The van der Waals surface area contributed by atoms with Crippen LogP contribution in [0.25, 0.3) is 0 Å². The van der Waals surface area contributed by atoms with Crippen LogP contribution < -0.4 is 16.0 Å². The summed E-state index contributed by atoms with van der Waals surface area (Å²) in [4.78, 5) is 22.6. The lowest BCUT2D eigenvalue weighted by molar-refractivity contribution is -0.122. The first kappa shape index (κ1) is 13.5. The molecule has 1 aliphatic rings. The van der Waals surface area contributed by atoms with E-state index < -0.39 is 0 Å². The lowest BCUT2D eigenvalue weighted by Gasteiger charge is -2.23. The number of piperidine rings is 1. The van der Waals surface area contributed by atoms with Crippen molar-refractivity contribution in [1.29, 1.82) is 0 Å². The molecule has 0 bridgehead atoms. The first-order valence-corrected chi connectivity index (χ1v) is 6.31. The Kier molecular flexibility index (Phi) is 4.45. The molecule has 104 valence electrons. The van der Waals surface area contributed by atoms with Gasteiger partial charge in [-0.05, 0) is 25.9 Å². The highest BCUT2D eigenvalue weighted by Gasteiger charge is 2.15. The topological polar surface area (TPSA) is 101 Å². The van der Waals surface area contributed by atoms with E-state index in [1.54, 1.807) is 0 Å². The molecule has 0 radical (unpaired) electrons. The van der Waals surface area contributed by atoms with Crippen molar-refractivity contribution in [2.45, 2.75) is 32.4 Å². The van der Waals surface area contributed by atoms with Gasteiger partial charge in [-0.2, -0.15) is 0 Å². The number of anilines is 1. The van der Waals surface area contributed by atoms with E-state index in [2.05, 4.69) is 26.3 Å². The molecule has 0 atom stereocenters. The van der Waals surface area contributed by atoms with Gasteiger partial charge in [0.25, 0.3) is 0 Å². The van der Waals surface area contributed by atoms with E-state index in [1.807, 2.05) is 0 Å². The highest BCUT2D eigenvalue weighted by Crippen LogP contribution is 2.03. The summed E-state index contributed by atoms with van der Waals surface area (Å²) in [6, 6.07) is 0.229. The summed E-state index contributed by atoms with van der Waals surface area (Å²) in [5.74, 6) is 0.0412. The number of hydrogen-bond acceptors (Lipinski definition) is 5. The molecule has 0 aliphatic carbocycles. The molecule has 1 aromatic heterocycles. The van der Waals surface area contributed by atoms with Crippen LogP contribution in [0, 0.1) is 0 Å². The quantitative estimate of drug-likeness (QED) is 0.656. The van der Waals surface area contributed by atoms with Gasteiger partial charge in [0.05, 0.1) is 6.20 Å². The Hall–Kier alpha value is -1.96. The van der Waals surface area contributed by atoms with Crippen LogP contribution in [-0.2, 0) is 16.1 Å². The van der Waals surface area contributed by atoms with E-state index in [0.717, 1.165) is 25.9 Å². The van der Waals surface area contributed by atoms with Gasteiger partial charge in [-0.1, -0.05) is 5.21 Å². The molecular weight excluding hydrogens is 248 g/mol. The van der Waals surface area contributed by atoms with Crippen LogP contribution in [0.5, 0.6) is 0 Å². The first-order chi connectivity index (χ1) is 9.13. The van der Waals surface area contributed by atoms with Crippen molar-refractivity contribution >= 4 is 17.6 Å². The molecule has 1 saturated heterocycles. The maximum absolute atomic E-state index is 11.8. The average Bonchev–Trinajstić information content (AvgIpc) is 2.76. The minimum absolute atomic E-state index is 0.0915. The molecule has 8 heteroatoms. The smallest absolute Gasteiger partial charge is 0.242 e. The molecule has 0 saturated carbocycles. The molecule has 1 aliphatic heterocycles. The Morgan fingerprint density at radius 2 is 2.21 bits per heavy atom. The Morgan fingerprint density at radius 3 is 2.89 bits per heavy atom. The molecule has 1 aromatic rings. The maximum Gasteiger partial charge on any atom is 0.242 e. The summed E-state index contributed by atoms with van der Waals surface area (Å²) in [6.45, 7) is 3.36. The maximum atomic E-state index is 11.8. The fraction of sp³-hybridized carbons (Fsp3) is 0.636. The van der Waals surface area contributed by atoms with Crippen molar-refractivity contribution < 1.29 is 9.59 Å². The van der Waals surface area contributed by atoms with Crippen LogP contribution in [0.1, 0.15) is 19.8 Å². The van der Waals surface area contributed by atoms with Crippen LogP contribution in [0.2, 0.25) is 0 Å². The lowest BCUT2D eigenvalue weighted by Crippen LogP contribution is -2.43. The third kappa shape index (κ3) is 4.32. The fourth-order valence-electron chi connectivity index (χ4n) is 2.00. The fourth-order valence-corrected chi connectivity index (χ4v) is 2.00. The minimum atomic E-state index is -0.216. The molecule has 2 amide bonds. The van der Waals surface area contributed by atoms with Crippen molar-refractivity contribution in [3.63, 3.8) is 0 Å². The summed E-state index contributed by atoms with van der Waals surface area (Å²) in [6.07, 6.45) is 3.42. The van der Waals surface area contributed by atoms with Gasteiger partial charge in [0, 0.05) is 13.0 Å². The first-order valence-electron chi connectivity index (χ1n) is 6.31. The number of carbonyl (C=O) groups is 2. The number of nitrogens with one attached hydrogen (secondary N) is 3. The second kappa shape index (κ2) is 6.28. The molecule has 19 heavy (non-hydrogen) atoms. The molecule has 2 heterocycles. The van der Waals surface area contributed by atoms with E-state index in [0.29, 0.717) is 5.82 Å². The molecule has 0 aromatic carbocycles. The molecule has 8 nitrogen and oxygen atoms in total. The van der Waals surface area contributed by atoms with Gasteiger partial charge in [0.1, 0.15) is 6.54 Å². The van der Waals surface area contributed by atoms with E-state index in [-0.39, 0.29) is 24.4 Å². The molecule has 1 fully saturated rings. The van der Waals surface area contributed by atoms with E-state index in [1.165, 1.54) is 17.8 Å². The zero-order valence-electron chi connectivity index (χ0n) is 10.8. The summed E-state index contributed by atoms with van der Waals surface area (Å²) in [7, 11) is 0. The number of amides is 2. The van der Waals surface area contributed by atoms with Gasteiger partial charge >= 0.3 is 0 Å². The predicted molar refractivity (Wildman–Crippen MR) is 68.4 cm³/mol. The van der Waals surface area contributed by atoms with E-state index in [9.17, 15) is 9.59 Å². The van der Waals surface area contributed by atoms with Crippen LogP contribution >= 0.6 is 0 Å². The van der Waals surface area contributed by atoms with Crippen molar-refractivity contribution in [2.75, 3.05) is 18.4 Å². The van der Waals surface area contributed by atoms with E-state index >= 15 is 0 Å². The van der Waals surface area contributed by atoms with Crippen LogP contribution in [-0.4, -0.2) is 45.9 Å². The van der Waals surface area contributed by atoms with Crippen LogP contribution in [0.4, 0.5) is 5.82 Å². The van der Waals surface area contributed by atoms with Crippen molar-refractivity contribution in [1.82, 2.24) is 25.6 Å². The SMILES string of the molecule is CC(=O)Nc1cn(CC(=O)NC2CCNCC2)nn1. The molecular formula is C11H18N6O2. The molecule has 2 rings (SSSR count). The van der Waals surface area contributed by atoms with Gasteiger partial charge in [-0.3, -0.25) is 9.59 Å². The number of hydrogen-bond donors (Lipinski definition) is 3. The van der Waals surface area contributed by atoms with Crippen molar-refractivity contribution in [2.24, 2.45) is 0 Å². The number of carbonyl (C=O) groups excluding carboxylic acids is 2. The monoisotopic (exact) mass is 266 g/mol. The highest BCUT2D eigenvalue weighted by atomic mass is 16.2. The average molecular weight is 266 g/mol. The third-order valence-corrected chi connectivity index (χ3v) is 2.85. The molecule has 0 unspecified atom stereocenters. The van der Waals surface area contributed by atoms with Gasteiger partial charge in [0.15, 0.2) is 5.82 Å². The number of aromatic nitrogens is 3. The number of rotatable bonds is 4. The van der Waals surface area contributed by atoms with Crippen molar-refractivity contribution in [3.05, 3.63) is 6.20 Å². The van der Waals surface area contributed by atoms with Gasteiger partial charge in [0.2, 0.25) is 11.8 Å². The molecule has 0 spiro atoms. The largest absolute Gasteiger partial charge is 0.352 e. The lowest BCUT2D eigenvalue weighted by atomic mass is 10.1. The van der Waals surface area contributed by atoms with Crippen LogP contribution in [0.15, 0.2) is 6.20 Å². The summed E-state index contributed by atoms with van der Waals surface area (Å²) in [5, 5.41) is 16.2. The van der Waals surface area contributed by atoms with Crippen LogP contribution in [0.3, 0.4) is 0 Å². The Balaban J connectivity index is 1.81. The summed E-state index contributed by atoms with van der Waals surface area (Å²) >= 11 is 0. The van der Waals surface area contributed by atoms with Gasteiger partial charge in [-0.25, -0.2) is 4.68 Å². The van der Waals surface area contributed by atoms with E-state index in [4.69, 9.17) is 0 Å². The summed E-state index contributed by atoms with van der Waals surface area (Å²) < 4.78 is 1.40. The zero-order chi connectivity index (χ0) is 13.7. The number of nitrogens with zero attached hydrogens (tertiary/aromatic N) is 3. The van der Waals surface area contributed by atoms with Gasteiger partial charge in [-0.15, -0.1) is 5.10 Å². The summed E-state index contributed by atoms with van der Waals surface area (Å²) in [5.41, 5.74) is 0. The zero-order valence-corrected chi connectivity index (χ0v) is 10.8.